The average Bonchev–Trinajstić information content (AvgIpc) is 2.02. The third-order valence-corrected chi connectivity index (χ3v) is 2.48. The van der Waals surface area contributed by atoms with E-state index in [4.69, 9.17) is 22.4 Å². The van der Waals surface area contributed by atoms with Gasteiger partial charge in [0, 0.05) is 22.7 Å². The van der Waals surface area contributed by atoms with E-state index in [1.54, 1.807) is 13.0 Å². The van der Waals surface area contributed by atoms with Crippen LogP contribution in [0.1, 0.15) is 18.9 Å². The monoisotopic (exact) mass is 217 g/mol. The minimum atomic E-state index is -0.933. The van der Waals surface area contributed by atoms with Gasteiger partial charge in [0.15, 0.2) is 0 Å². The van der Waals surface area contributed by atoms with Gasteiger partial charge in [-0.25, -0.2) is 4.39 Å². The number of aliphatic hydroxyl groups excluding tert-OH is 1. The summed E-state index contributed by atoms with van der Waals surface area (Å²) in [7, 11) is 0. The molecule has 1 atom stereocenters. The first-order valence-electron chi connectivity index (χ1n) is 4.33. The molecule has 0 spiro atoms. The molecule has 3 N–H and O–H groups in total. The topological polar surface area (TPSA) is 46.2 Å². The largest absolute Gasteiger partial charge is 0.396 e. The Morgan fingerprint density at radius 2 is 2.21 bits per heavy atom. The molecule has 0 fully saturated rings. The number of hydrogen-bond donors (Lipinski definition) is 2. The predicted molar refractivity (Wildman–Crippen MR) is 54.7 cm³/mol. The van der Waals surface area contributed by atoms with Gasteiger partial charge in [-0.1, -0.05) is 17.7 Å². The minimum absolute atomic E-state index is 0.0995. The number of hydrogen-bond acceptors (Lipinski definition) is 2. The normalized spacial score (nSPS) is 15.2. The zero-order valence-electron chi connectivity index (χ0n) is 7.93. The molecular weight excluding hydrogens is 205 g/mol. The second-order valence-corrected chi connectivity index (χ2v) is 3.89. The Kier molecular flexibility index (Phi) is 3.48. The molecule has 1 aromatic carbocycles. The molecule has 1 rings (SSSR count). The van der Waals surface area contributed by atoms with Crippen LogP contribution in [0.3, 0.4) is 0 Å². The van der Waals surface area contributed by atoms with Crippen LogP contribution in [-0.4, -0.2) is 11.7 Å². The van der Waals surface area contributed by atoms with Gasteiger partial charge in [-0.05, 0) is 25.5 Å². The summed E-state index contributed by atoms with van der Waals surface area (Å²) in [4.78, 5) is 0. The van der Waals surface area contributed by atoms with Crippen molar-refractivity contribution in [1.82, 2.24) is 0 Å². The Labute approximate surface area is 87.5 Å². The zero-order valence-corrected chi connectivity index (χ0v) is 8.68. The standard InChI is InChI=1S/C10H13ClFNO/c1-10(13,5-6-14)9-7(11)3-2-4-8(9)12/h2-4,14H,5-6,13H2,1H3. The highest BCUT2D eigenvalue weighted by Crippen LogP contribution is 2.30. The van der Waals surface area contributed by atoms with Gasteiger partial charge in [-0.2, -0.15) is 0 Å². The van der Waals surface area contributed by atoms with Crippen LogP contribution < -0.4 is 5.73 Å². The first-order valence-corrected chi connectivity index (χ1v) is 4.71. The maximum Gasteiger partial charge on any atom is 0.129 e. The number of benzene rings is 1. The molecule has 0 saturated carbocycles. The number of halogens is 2. The molecule has 1 aromatic rings. The zero-order chi connectivity index (χ0) is 10.8. The Balaban J connectivity index is 3.17. The van der Waals surface area contributed by atoms with Gasteiger partial charge in [0.05, 0.1) is 0 Å². The molecule has 0 aromatic heterocycles. The molecular formula is C10H13ClFNO. The Morgan fingerprint density at radius 3 is 2.71 bits per heavy atom. The summed E-state index contributed by atoms with van der Waals surface area (Å²) in [5, 5.41) is 9.09. The van der Waals surface area contributed by atoms with Crippen molar-refractivity contribution in [2.24, 2.45) is 5.73 Å². The molecule has 0 heterocycles. The minimum Gasteiger partial charge on any atom is -0.396 e. The van der Waals surface area contributed by atoms with E-state index in [0.717, 1.165) is 0 Å². The van der Waals surface area contributed by atoms with Gasteiger partial charge < -0.3 is 10.8 Å². The molecule has 14 heavy (non-hydrogen) atoms. The maximum absolute atomic E-state index is 13.4. The molecule has 0 aliphatic rings. The third-order valence-electron chi connectivity index (χ3n) is 2.17. The lowest BCUT2D eigenvalue weighted by Gasteiger charge is -2.25. The van der Waals surface area contributed by atoms with E-state index in [9.17, 15) is 4.39 Å². The smallest absolute Gasteiger partial charge is 0.129 e. The van der Waals surface area contributed by atoms with Crippen LogP contribution in [0.4, 0.5) is 4.39 Å². The van der Waals surface area contributed by atoms with E-state index in [2.05, 4.69) is 0 Å². The molecule has 0 aliphatic carbocycles. The molecule has 0 amide bonds. The van der Waals surface area contributed by atoms with Gasteiger partial charge in [0.2, 0.25) is 0 Å². The van der Waals surface area contributed by atoms with Crippen LogP contribution >= 0.6 is 11.6 Å². The summed E-state index contributed by atoms with van der Waals surface area (Å²) in [6, 6.07) is 4.42. The van der Waals surface area contributed by atoms with Crippen LogP contribution in [0.2, 0.25) is 5.02 Å². The first-order chi connectivity index (χ1) is 6.49. The summed E-state index contributed by atoms with van der Waals surface area (Å²) < 4.78 is 13.4. The highest BCUT2D eigenvalue weighted by atomic mass is 35.5. The van der Waals surface area contributed by atoms with Crippen molar-refractivity contribution >= 4 is 11.6 Å². The van der Waals surface area contributed by atoms with Crippen molar-refractivity contribution in [3.8, 4) is 0 Å². The second kappa shape index (κ2) is 4.26. The average molecular weight is 218 g/mol. The summed E-state index contributed by atoms with van der Waals surface area (Å²) in [6.07, 6.45) is 0.271. The Bertz CT molecular complexity index is 308. The number of aliphatic hydroxyl groups is 1. The van der Waals surface area contributed by atoms with Crippen molar-refractivity contribution in [1.29, 1.82) is 0 Å². The lowest BCUT2D eigenvalue weighted by Crippen LogP contribution is -2.35. The van der Waals surface area contributed by atoms with Gasteiger partial charge >= 0.3 is 0 Å². The van der Waals surface area contributed by atoms with E-state index < -0.39 is 11.4 Å². The fourth-order valence-corrected chi connectivity index (χ4v) is 1.78. The fourth-order valence-electron chi connectivity index (χ4n) is 1.40. The Morgan fingerprint density at radius 1 is 1.57 bits per heavy atom. The van der Waals surface area contributed by atoms with Crippen LogP contribution in [0, 0.1) is 5.82 Å². The number of rotatable bonds is 3. The van der Waals surface area contributed by atoms with E-state index in [-0.39, 0.29) is 18.6 Å². The van der Waals surface area contributed by atoms with Crippen LogP contribution in [-0.2, 0) is 5.54 Å². The summed E-state index contributed by atoms with van der Waals surface area (Å²) in [5.41, 5.74) is 5.19. The van der Waals surface area contributed by atoms with Gasteiger partial charge in [0.1, 0.15) is 5.82 Å². The lowest BCUT2D eigenvalue weighted by molar-refractivity contribution is 0.245. The molecule has 1 unspecified atom stereocenters. The Hall–Kier alpha value is -0.640. The summed E-state index contributed by atoms with van der Waals surface area (Å²) in [5.74, 6) is -0.434. The van der Waals surface area contributed by atoms with Crippen LogP contribution in [0.5, 0.6) is 0 Å². The van der Waals surface area contributed by atoms with Crippen LogP contribution in [0.25, 0.3) is 0 Å². The quantitative estimate of drug-likeness (QED) is 0.814. The first kappa shape index (κ1) is 11.4. The molecule has 4 heteroatoms. The van der Waals surface area contributed by atoms with Gasteiger partial charge in [0.25, 0.3) is 0 Å². The van der Waals surface area contributed by atoms with E-state index in [1.165, 1.54) is 12.1 Å². The van der Waals surface area contributed by atoms with Gasteiger partial charge in [-0.15, -0.1) is 0 Å². The molecule has 0 radical (unpaired) electrons. The lowest BCUT2D eigenvalue weighted by atomic mass is 9.89. The molecule has 0 saturated heterocycles. The third kappa shape index (κ3) is 2.23. The van der Waals surface area contributed by atoms with E-state index in [0.29, 0.717) is 5.02 Å². The predicted octanol–water partition coefficient (Wildman–Crippen LogP) is 2.04. The van der Waals surface area contributed by atoms with Crippen molar-refractivity contribution in [2.45, 2.75) is 18.9 Å². The van der Waals surface area contributed by atoms with Crippen molar-refractivity contribution < 1.29 is 9.50 Å². The van der Waals surface area contributed by atoms with Crippen molar-refractivity contribution in [2.75, 3.05) is 6.61 Å². The highest BCUT2D eigenvalue weighted by Gasteiger charge is 2.26. The summed E-state index contributed by atoms with van der Waals surface area (Å²) >= 11 is 5.85. The van der Waals surface area contributed by atoms with E-state index >= 15 is 0 Å². The van der Waals surface area contributed by atoms with Crippen molar-refractivity contribution in [3.63, 3.8) is 0 Å². The summed E-state index contributed by atoms with van der Waals surface area (Å²) in [6.45, 7) is 1.55. The van der Waals surface area contributed by atoms with E-state index in [1.807, 2.05) is 0 Å². The van der Waals surface area contributed by atoms with Gasteiger partial charge in [-0.3, -0.25) is 0 Å². The number of nitrogens with two attached hydrogens (primary N) is 1. The molecule has 78 valence electrons. The maximum atomic E-state index is 13.4. The molecule has 0 aliphatic heterocycles. The SMILES string of the molecule is CC(N)(CCO)c1c(F)cccc1Cl. The molecule has 2 nitrogen and oxygen atoms in total. The highest BCUT2D eigenvalue weighted by molar-refractivity contribution is 6.31. The van der Waals surface area contributed by atoms with Crippen molar-refractivity contribution in [3.05, 3.63) is 34.6 Å². The van der Waals surface area contributed by atoms with Crippen LogP contribution in [0.15, 0.2) is 18.2 Å². The molecule has 0 bridgehead atoms. The second-order valence-electron chi connectivity index (χ2n) is 3.49. The fraction of sp³-hybridized carbons (Fsp3) is 0.400.